The van der Waals surface area contributed by atoms with Crippen molar-refractivity contribution in [1.29, 1.82) is 5.26 Å². The summed E-state index contributed by atoms with van der Waals surface area (Å²) >= 11 is 1.30. The lowest BCUT2D eigenvalue weighted by Crippen LogP contribution is -2.37. The summed E-state index contributed by atoms with van der Waals surface area (Å²) in [7, 11) is 1.57. The van der Waals surface area contributed by atoms with Crippen LogP contribution in [0, 0.1) is 11.3 Å². The largest absolute Gasteiger partial charge is 0.497 e. The minimum atomic E-state index is -0.470. The number of carbonyl (C=O) groups is 2. The van der Waals surface area contributed by atoms with E-state index in [2.05, 4.69) is 16.4 Å². The van der Waals surface area contributed by atoms with E-state index in [9.17, 15) is 14.9 Å². The molecular formula is C24H20N4O4S. The number of nitriles is 1. The van der Waals surface area contributed by atoms with E-state index < -0.39 is 6.09 Å². The predicted octanol–water partition coefficient (Wildman–Crippen LogP) is 4.23. The fourth-order valence-corrected chi connectivity index (χ4v) is 4.59. The van der Waals surface area contributed by atoms with Crippen molar-refractivity contribution in [3.8, 4) is 17.6 Å². The Morgan fingerprint density at radius 3 is 2.73 bits per heavy atom. The number of aromatic nitrogens is 1. The molecule has 0 saturated carbocycles. The molecule has 166 valence electrons. The highest BCUT2D eigenvalue weighted by Gasteiger charge is 2.28. The fraction of sp³-hybridized carbons (Fsp3) is 0.167. The van der Waals surface area contributed by atoms with Crippen LogP contribution in [0.2, 0.25) is 0 Å². The van der Waals surface area contributed by atoms with Gasteiger partial charge in [-0.05, 0) is 54.0 Å². The van der Waals surface area contributed by atoms with Gasteiger partial charge in [-0.15, -0.1) is 11.3 Å². The number of nitrogens with zero attached hydrogens (tertiary/aromatic N) is 3. The Morgan fingerprint density at radius 2 is 2.03 bits per heavy atom. The number of rotatable bonds is 5. The van der Waals surface area contributed by atoms with E-state index in [0.717, 1.165) is 16.0 Å². The fourth-order valence-electron chi connectivity index (χ4n) is 3.37. The Labute approximate surface area is 194 Å². The van der Waals surface area contributed by atoms with Crippen molar-refractivity contribution in [2.45, 2.75) is 13.0 Å². The van der Waals surface area contributed by atoms with Crippen LogP contribution in [0.15, 0.2) is 54.9 Å². The molecule has 1 aromatic carbocycles. The second kappa shape index (κ2) is 9.97. The van der Waals surface area contributed by atoms with Crippen LogP contribution >= 0.6 is 11.3 Å². The highest BCUT2D eigenvalue weighted by molar-refractivity contribution is 7.16. The summed E-state index contributed by atoms with van der Waals surface area (Å²) in [5.74, 6) is 0.749. The van der Waals surface area contributed by atoms with Gasteiger partial charge in [-0.25, -0.2) is 4.79 Å². The van der Waals surface area contributed by atoms with Crippen molar-refractivity contribution >= 4 is 34.4 Å². The van der Waals surface area contributed by atoms with E-state index in [0.29, 0.717) is 41.6 Å². The topological polar surface area (TPSA) is 105 Å². The van der Waals surface area contributed by atoms with Crippen molar-refractivity contribution in [2.24, 2.45) is 0 Å². The number of hydrogen-bond acceptors (Lipinski definition) is 7. The Bertz CT molecular complexity index is 1230. The molecule has 0 unspecified atom stereocenters. The number of fused-ring (bicyclic) bond motifs is 1. The van der Waals surface area contributed by atoms with Gasteiger partial charge in [0.05, 0.1) is 19.2 Å². The molecule has 4 rings (SSSR count). The zero-order valence-electron chi connectivity index (χ0n) is 17.8. The van der Waals surface area contributed by atoms with Crippen LogP contribution in [0.25, 0.3) is 6.08 Å². The second-order valence-electron chi connectivity index (χ2n) is 7.14. The normalized spacial score (nSPS) is 12.7. The molecule has 0 aliphatic carbocycles. The van der Waals surface area contributed by atoms with Gasteiger partial charge in [0.25, 0.3) is 0 Å². The van der Waals surface area contributed by atoms with E-state index in [-0.39, 0.29) is 5.91 Å². The summed E-state index contributed by atoms with van der Waals surface area (Å²) in [5.41, 5.74) is 2.11. The van der Waals surface area contributed by atoms with Gasteiger partial charge in [0.1, 0.15) is 22.6 Å². The number of anilines is 1. The van der Waals surface area contributed by atoms with E-state index in [4.69, 9.17) is 9.47 Å². The lowest BCUT2D eigenvalue weighted by Gasteiger charge is -2.26. The molecule has 2 amide bonds. The molecule has 9 heteroatoms. The molecule has 0 atom stereocenters. The number of carbonyl (C=O) groups excluding carboxylic acids is 2. The monoisotopic (exact) mass is 460 g/mol. The molecule has 1 N–H and O–H groups in total. The molecule has 8 nitrogen and oxygen atoms in total. The van der Waals surface area contributed by atoms with Crippen LogP contribution in [-0.4, -0.2) is 35.5 Å². The molecular weight excluding hydrogens is 440 g/mol. The molecule has 2 aromatic heterocycles. The van der Waals surface area contributed by atoms with Gasteiger partial charge in [0, 0.05) is 29.9 Å². The van der Waals surface area contributed by atoms with Crippen LogP contribution in [0.1, 0.15) is 21.6 Å². The van der Waals surface area contributed by atoms with Gasteiger partial charge in [0.15, 0.2) is 0 Å². The highest BCUT2D eigenvalue weighted by Crippen LogP contribution is 2.37. The molecule has 3 aromatic rings. The number of amides is 2. The van der Waals surface area contributed by atoms with Crippen molar-refractivity contribution in [3.05, 3.63) is 76.4 Å². The minimum absolute atomic E-state index is 0.311. The third-order valence-corrected chi connectivity index (χ3v) is 6.17. The maximum absolute atomic E-state index is 12.6. The summed E-state index contributed by atoms with van der Waals surface area (Å²) in [6.07, 6.45) is 6.39. The average molecular weight is 461 g/mol. The molecule has 0 spiro atoms. The first-order valence-electron chi connectivity index (χ1n) is 10.1. The number of hydrogen-bond donors (Lipinski definition) is 1. The first-order valence-corrected chi connectivity index (χ1v) is 10.9. The Morgan fingerprint density at radius 1 is 1.24 bits per heavy atom. The summed E-state index contributed by atoms with van der Waals surface area (Å²) in [4.78, 5) is 31.4. The summed E-state index contributed by atoms with van der Waals surface area (Å²) < 4.78 is 10.6. The SMILES string of the molecule is COc1ccc(OC(=O)N2CCc3c(sc(NC(=O)C=Cc4cccnc4)c3C#N)C2)cc1. The van der Waals surface area contributed by atoms with Gasteiger partial charge < -0.3 is 19.7 Å². The molecule has 0 bridgehead atoms. The molecule has 0 radical (unpaired) electrons. The third-order valence-electron chi connectivity index (χ3n) is 5.04. The summed E-state index contributed by atoms with van der Waals surface area (Å²) in [6.45, 7) is 0.729. The zero-order chi connectivity index (χ0) is 23.2. The van der Waals surface area contributed by atoms with E-state index in [1.165, 1.54) is 17.4 Å². The Balaban J connectivity index is 1.43. The van der Waals surface area contributed by atoms with Crippen LogP contribution in [0.5, 0.6) is 11.5 Å². The molecule has 1 aliphatic rings. The lowest BCUT2D eigenvalue weighted by molar-refractivity contribution is -0.111. The maximum atomic E-state index is 12.6. The molecule has 0 fully saturated rings. The number of nitrogens with one attached hydrogen (secondary N) is 1. The second-order valence-corrected chi connectivity index (χ2v) is 8.25. The predicted molar refractivity (Wildman–Crippen MR) is 124 cm³/mol. The Kier molecular flexibility index (Phi) is 6.66. The van der Waals surface area contributed by atoms with Crippen molar-refractivity contribution in [1.82, 2.24) is 9.88 Å². The molecule has 33 heavy (non-hydrogen) atoms. The van der Waals surface area contributed by atoms with Gasteiger partial charge >= 0.3 is 6.09 Å². The number of benzene rings is 1. The van der Waals surface area contributed by atoms with Gasteiger partial charge in [-0.2, -0.15) is 5.26 Å². The average Bonchev–Trinajstić information content (AvgIpc) is 3.19. The minimum Gasteiger partial charge on any atom is -0.497 e. The summed E-state index contributed by atoms with van der Waals surface area (Å²) in [6, 6.07) is 12.6. The van der Waals surface area contributed by atoms with Gasteiger partial charge in [0.2, 0.25) is 5.91 Å². The molecule has 0 saturated heterocycles. The standard InChI is InChI=1S/C24H20N4O4S/c1-31-17-5-7-18(8-6-17)32-24(30)28-12-10-19-20(13-25)23(33-21(19)15-28)27-22(29)9-4-16-3-2-11-26-14-16/h2-9,11,14H,10,12,15H2,1H3,(H,27,29). The number of thiophene rings is 1. The van der Waals surface area contributed by atoms with Crippen molar-refractivity contribution in [2.75, 3.05) is 19.0 Å². The van der Waals surface area contributed by atoms with E-state index in [1.807, 2.05) is 6.07 Å². The highest BCUT2D eigenvalue weighted by atomic mass is 32.1. The van der Waals surface area contributed by atoms with Crippen LogP contribution < -0.4 is 14.8 Å². The van der Waals surface area contributed by atoms with E-state index >= 15 is 0 Å². The number of ether oxygens (including phenoxy) is 2. The van der Waals surface area contributed by atoms with Crippen LogP contribution in [0.4, 0.5) is 9.80 Å². The number of methoxy groups -OCH3 is 1. The summed E-state index contributed by atoms with van der Waals surface area (Å²) in [5, 5.41) is 12.9. The van der Waals surface area contributed by atoms with Gasteiger partial charge in [-0.1, -0.05) is 6.07 Å². The third kappa shape index (κ3) is 5.19. The van der Waals surface area contributed by atoms with Crippen molar-refractivity contribution < 1.29 is 19.1 Å². The van der Waals surface area contributed by atoms with E-state index in [1.54, 1.807) is 60.8 Å². The maximum Gasteiger partial charge on any atom is 0.415 e. The smallest absolute Gasteiger partial charge is 0.415 e. The zero-order valence-corrected chi connectivity index (χ0v) is 18.6. The first kappa shape index (κ1) is 22.0. The van der Waals surface area contributed by atoms with Crippen LogP contribution in [-0.2, 0) is 17.8 Å². The quantitative estimate of drug-likeness (QED) is 0.572. The molecule has 1 aliphatic heterocycles. The Hall–Kier alpha value is -4.16. The first-order chi connectivity index (χ1) is 16.1. The number of pyridine rings is 1. The van der Waals surface area contributed by atoms with Crippen LogP contribution in [0.3, 0.4) is 0 Å². The molecule has 3 heterocycles. The van der Waals surface area contributed by atoms with Gasteiger partial charge in [-0.3, -0.25) is 9.78 Å². The van der Waals surface area contributed by atoms with Crippen molar-refractivity contribution in [3.63, 3.8) is 0 Å². The lowest BCUT2D eigenvalue weighted by atomic mass is 10.0.